The molecule has 5 N–H and O–H groups in total. The van der Waals surface area contributed by atoms with E-state index >= 15 is 0 Å². The van der Waals surface area contributed by atoms with Crippen LogP contribution in [0.4, 0.5) is 0 Å². The molecule has 1 unspecified atom stereocenters. The molecule has 0 bridgehead atoms. The van der Waals surface area contributed by atoms with Crippen LogP contribution in [0.2, 0.25) is 0 Å². The normalized spacial score (nSPS) is 13.2. The standard InChI is InChI=1S/C11H23N3O2/c1-4-11(5-2,7-12)10(16)14-8(3)6-9(13)15/h8H,4-7,12H2,1-3H3,(H2,13,15)(H,14,16). The summed E-state index contributed by atoms with van der Waals surface area (Å²) < 4.78 is 0. The highest BCUT2D eigenvalue weighted by Crippen LogP contribution is 2.25. The second-order valence-corrected chi connectivity index (χ2v) is 4.24. The van der Waals surface area contributed by atoms with Gasteiger partial charge in [0.05, 0.1) is 5.41 Å². The Kier molecular flexibility index (Phi) is 6.03. The van der Waals surface area contributed by atoms with Crippen molar-refractivity contribution >= 4 is 11.8 Å². The molecule has 0 rings (SSSR count). The molecule has 0 spiro atoms. The third-order valence-electron chi connectivity index (χ3n) is 3.11. The van der Waals surface area contributed by atoms with Crippen LogP contribution in [0.1, 0.15) is 40.0 Å². The highest BCUT2D eigenvalue weighted by atomic mass is 16.2. The van der Waals surface area contributed by atoms with E-state index in [0.717, 1.165) is 0 Å². The summed E-state index contributed by atoms with van der Waals surface area (Å²) >= 11 is 0. The minimum atomic E-state index is -0.522. The zero-order valence-corrected chi connectivity index (χ0v) is 10.4. The molecule has 0 aliphatic heterocycles. The summed E-state index contributed by atoms with van der Waals surface area (Å²) in [4.78, 5) is 22.7. The predicted octanol–water partition coefficient (Wildman–Crippen LogP) is 0.132. The zero-order valence-electron chi connectivity index (χ0n) is 10.4. The lowest BCUT2D eigenvalue weighted by molar-refractivity contribution is -0.131. The van der Waals surface area contributed by atoms with Crippen LogP contribution in [0.25, 0.3) is 0 Å². The fraction of sp³-hybridized carbons (Fsp3) is 0.818. The topological polar surface area (TPSA) is 98.2 Å². The lowest BCUT2D eigenvalue weighted by atomic mass is 9.81. The first kappa shape index (κ1) is 14.9. The smallest absolute Gasteiger partial charge is 0.227 e. The first-order chi connectivity index (χ1) is 7.41. The number of nitrogens with two attached hydrogens (primary N) is 2. The molecule has 0 radical (unpaired) electrons. The highest BCUT2D eigenvalue weighted by Gasteiger charge is 2.33. The number of carbonyl (C=O) groups excluding carboxylic acids is 2. The number of amides is 2. The van der Waals surface area contributed by atoms with E-state index in [-0.39, 0.29) is 18.4 Å². The molecule has 0 saturated carbocycles. The Morgan fingerprint density at radius 1 is 1.31 bits per heavy atom. The third-order valence-corrected chi connectivity index (χ3v) is 3.11. The fourth-order valence-electron chi connectivity index (χ4n) is 1.68. The zero-order chi connectivity index (χ0) is 12.8. The van der Waals surface area contributed by atoms with E-state index in [1.165, 1.54) is 0 Å². The van der Waals surface area contributed by atoms with E-state index in [9.17, 15) is 9.59 Å². The maximum Gasteiger partial charge on any atom is 0.227 e. The molecule has 5 heteroatoms. The number of nitrogens with one attached hydrogen (secondary N) is 1. The molecule has 16 heavy (non-hydrogen) atoms. The second-order valence-electron chi connectivity index (χ2n) is 4.24. The Labute approximate surface area is 96.9 Å². The first-order valence-corrected chi connectivity index (χ1v) is 5.71. The fourth-order valence-corrected chi connectivity index (χ4v) is 1.68. The quantitative estimate of drug-likeness (QED) is 0.578. The summed E-state index contributed by atoms with van der Waals surface area (Å²) in [6.45, 7) is 5.95. The first-order valence-electron chi connectivity index (χ1n) is 5.71. The SMILES string of the molecule is CCC(CC)(CN)C(=O)NC(C)CC(N)=O. The highest BCUT2D eigenvalue weighted by molar-refractivity contribution is 5.84. The van der Waals surface area contributed by atoms with Crippen LogP contribution in [-0.2, 0) is 9.59 Å². The Bertz CT molecular complexity index is 241. The van der Waals surface area contributed by atoms with Crippen LogP contribution in [0.15, 0.2) is 0 Å². The van der Waals surface area contributed by atoms with Crippen LogP contribution < -0.4 is 16.8 Å². The number of hydrogen-bond acceptors (Lipinski definition) is 3. The Morgan fingerprint density at radius 2 is 1.81 bits per heavy atom. The summed E-state index contributed by atoms with van der Waals surface area (Å²) in [5.41, 5.74) is 10.2. The number of rotatable bonds is 7. The van der Waals surface area contributed by atoms with Gasteiger partial charge in [0.15, 0.2) is 0 Å². The van der Waals surface area contributed by atoms with Gasteiger partial charge in [0.2, 0.25) is 11.8 Å². The molecule has 0 aromatic heterocycles. The van der Waals surface area contributed by atoms with Crippen molar-refractivity contribution in [1.82, 2.24) is 5.32 Å². The summed E-state index contributed by atoms with van der Waals surface area (Å²) in [7, 11) is 0. The van der Waals surface area contributed by atoms with Gasteiger partial charge in [0.1, 0.15) is 0 Å². The molecule has 2 amide bonds. The van der Waals surface area contributed by atoms with Crippen molar-refractivity contribution in [2.45, 2.75) is 46.1 Å². The molecule has 0 fully saturated rings. The van der Waals surface area contributed by atoms with Gasteiger partial charge in [-0.1, -0.05) is 13.8 Å². The summed E-state index contributed by atoms with van der Waals surface area (Å²) in [5.74, 6) is -0.507. The summed E-state index contributed by atoms with van der Waals surface area (Å²) in [6, 6.07) is -0.242. The molecule has 1 atom stereocenters. The van der Waals surface area contributed by atoms with E-state index in [1.807, 2.05) is 13.8 Å². The van der Waals surface area contributed by atoms with Gasteiger partial charge < -0.3 is 16.8 Å². The van der Waals surface area contributed by atoms with Gasteiger partial charge in [0, 0.05) is 19.0 Å². The molecule has 0 aromatic carbocycles. The van der Waals surface area contributed by atoms with Gasteiger partial charge in [-0.2, -0.15) is 0 Å². The van der Waals surface area contributed by atoms with E-state index in [2.05, 4.69) is 5.32 Å². The van der Waals surface area contributed by atoms with Gasteiger partial charge in [-0.15, -0.1) is 0 Å². The summed E-state index contributed by atoms with van der Waals surface area (Å²) in [5, 5.41) is 2.79. The Hall–Kier alpha value is -1.10. The molecular weight excluding hydrogens is 206 g/mol. The predicted molar refractivity (Wildman–Crippen MR) is 63.5 cm³/mol. The van der Waals surface area contributed by atoms with Crippen molar-refractivity contribution in [1.29, 1.82) is 0 Å². The minimum Gasteiger partial charge on any atom is -0.370 e. The average molecular weight is 229 g/mol. The average Bonchev–Trinajstić information content (AvgIpc) is 2.19. The van der Waals surface area contributed by atoms with Crippen molar-refractivity contribution in [2.24, 2.45) is 16.9 Å². The molecular formula is C11H23N3O2. The van der Waals surface area contributed by atoms with Gasteiger partial charge >= 0.3 is 0 Å². The van der Waals surface area contributed by atoms with E-state index < -0.39 is 11.3 Å². The summed E-state index contributed by atoms with van der Waals surface area (Å²) in [6.07, 6.45) is 1.53. The number of carbonyl (C=O) groups is 2. The monoisotopic (exact) mass is 229 g/mol. The molecule has 0 saturated heterocycles. The molecule has 0 aromatic rings. The Morgan fingerprint density at radius 3 is 2.12 bits per heavy atom. The largest absolute Gasteiger partial charge is 0.370 e. The third kappa shape index (κ3) is 3.81. The van der Waals surface area contributed by atoms with Gasteiger partial charge in [0.25, 0.3) is 0 Å². The minimum absolute atomic E-state index is 0.0891. The van der Waals surface area contributed by atoms with Crippen LogP contribution in [0.3, 0.4) is 0 Å². The van der Waals surface area contributed by atoms with E-state index in [1.54, 1.807) is 6.92 Å². The number of primary amides is 1. The van der Waals surface area contributed by atoms with Gasteiger partial charge in [-0.05, 0) is 19.8 Å². The lowest BCUT2D eigenvalue weighted by Gasteiger charge is -2.30. The molecule has 5 nitrogen and oxygen atoms in total. The van der Waals surface area contributed by atoms with Crippen molar-refractivity contribution in [2.75, 3.05) is 6.54 Å². The van der Waals surface area contributed by atoms with Crippen molar-refractivity contribution in [3.05, 3.63) is 0 Å². The van der Waals surface area contributed by atoms with Crippen molar-refractivity contribution in [3.8, 4) is 0 Å². The number of hydrogen-bond donors (Lipinski definition) is 3. The molecule has 0 aliphatic rings. The molecule has 0 aliphatic carbocycles. The molecule has 0 heterocycles. The van der Waals surface area contributed by atoms with Crippen LogP contribution >= 0.6 is 0 Å². The van der Waals surface area contributed by atoms with E-state index in [0.29, 0.717) is 19.4 Å². The maximum atomic E-state index is 12.0. The van der Waals surface area contributed by atoms with Crippen molar-refractivity contribution in [3.63, 3.8) is 0 Å². The van der Waals surface area contributed by atoms with Crippen LogP contribution in [-0.4, -0.2) is 24.4 Å². The second kappa shape index (κ2) is 6.48. The molecule has 94 valence electrons. The lowest BCUT2D eigenvalue weighted by Crippen LogP contribution is -2.48. The maximum absolute atomic E-state index is 12.0. The van der Waals surface area contributed by atoms with Crippen LogP contribution in [0, 0.1) is 5.41 Å². The van der Waals surface area contributed by atoms with Crippen LogP contribution in [0.5, 0.6) is 0 Å². The van der Waals surface area contributed by atoms with Crippen molar-refractivity contribution < 1.29 is 9.59 Å². The van der Waals surface area contributed by atoms with E-state index in [4.69, 9.17) is 11.5 Å². The van der Waals surface area contributed by atoms with Gasteiger partial charge in [-0.25, -0.2) is 0 Å². The van der Waals surface area contributed by atoms with Gasteiger partial charge in [-0.3, -0.25) is 9.59 Å². The Balaban J connectivity index is 4.47.